The number of rotatable bonds is 12. The number of nitrogen functional groups attached to an aromatic ring is 3. The Bertz CT molecular complexity index is 2290. The van der Waals surface area contributed by atoms with Crippen LogP contribution in [0.4, 0.5) is 33.5 Å². The van der Waals surface area contributed by atoms with Crippen molar-refractivity contribution in [3.05, 3.63) is 94.8 Å². The zero-order valence-corrected chi connectivity index (χ0v) is 32.2. The molecule has 6 aromatic rings. The molecule has 288 valence electrons. The van der Waals surface area contributed by atoms with Gasteiger partial charge in [0.1, 0.15) is 29.1 Å². The van der Waals surface area contributed by atoms with E-state index in [2.05, 4.69) is 21.9 Å². The fourth-order valence-electron chi connectivity index (χ4n) is 6.78. The van der Waals surface area contributed by atoms with Crippen molar-refractivity contribution in [3.63, 3.8) is 0 Å². The number of halogens is 1. The van der Waals surface area contributed by atoms with Crippen molar-refractivity contribution < 1.29 is 9.13 Å². The molecule has 7 heterocycles. The van der Waals surface area contributed by atoms with Crippen LogP contribution in [0.3, 0.4) is 0 Å². The molecule has 0 radical (unpaired) electrons. The molecule has 2 unspecified atom stereocenters. The lowest BCUT2D eigenvalue weighted by Gasteiger charge is -2.28. The number of pyridine rings is 3. The third-order valence-corrected chi connectivity index (χ3v) is 9.90. The molecule has 1 aliphatic rings. The van der Waals surface area contributed by atoms with E-state index in [9.17, 15) is 0 Å². The summed E-state index contributed by atoms with van der Waals surface area (Å²) in [6.45, 7) is 11.1. The van der Waals surface area contributed by atoms with Gasteiger partial charge >= 0.3 is 0 Å². The summed E-state index contributed by atoms with van der Waals surface area (Å²) in [5, 5.41) is 14.2. The maximum atomic E-state index is 15.3. The highest BCUT2D eigenvalue weighted by Crippen LogP contribution is 2.30. The van der Waals surface area contributed by atoms with Crippen LogP contribution in [0.15, 0.2) is 60.7 Å². The molecular weight excluding hydrogens is 700 g/mol. The summed E-state index contributed by atoms with van der Waals surface area (Å²) in [5.41, 5.74) is 23.0. The van der Waals surface area contributed by atoms with Crippen LogP contribution in [-0.4, -0.2) is 84.7 Å². The van der Waals surface area contributed by atoms with Crippen molar-refractivity contribution in [1.82, 2.24) is 44.3 Å². The van der Waals surface area contributed by atoms with Crippen LogP contribution in [0.2, 0.25) is 0 Å². The van der Waals surface area contributed by atoms with Gasteiger partial charge in [0.25, 0.3) is 0 Å². The summed E-state index contributed by atoms with van der Waals surface area (Å²) < 4.78 is 25.6. The second kappa shape index (κ2) is 15.4. The number of nitrogens with two attached hydrogens (primary N) is 3. The molecule has 0 aliphatic carbocycles. The van der Waals surface area contributed by atoms with E-state index in [1.807, 2.05) is 82.2 Å². The van der Waals surface area contributed by atoms with Crippen LogP contribution >= 0.6 is 0 Å². The van der Waals surface area contributed by atoms with E-state index in [0.29, 0.717) is 72.2 Å². The summed E-state index contributed by atoms with van der Waals surface area (Å²) in [4.78, 5) is 18.2. The van der Waals surface area contributed by atoms with E-state index in [1.54, 1.807) is 27.6 Å². The first kappa shape index (κ1) is 37.3. The first-order valence-electron chi connectivity index (χ1n) is 18.6. The predicted octanol–water partition coefficient (Wildman–Crippen LogP) is 5.03. The Morgan fingerprint density at radius 3 is 1.69 bits per heavy atom. The standard InChI is InChI=1S/C39H49FN14O/c1-23(2)28-20-31(41)53(47-28)36-12-10-26(38(40)45-36)18-24(3)29-21-33(43)54(49-29)37-13-11-27(39(46-37)50(5)6)19-25(4)30-22-32(42)52(48-30)35-9-7-8-34(44-35)51-14-16-55-17-15-51/h7-13,20-25H,14-19,41-43H2,1-6H3. The van der Waals surface area contributed by atoms with Crippen LogP contribution < -0.4 is 27.0 Å². The van der Waals surface area contributed by atoms with Crippen molar-refractivity contribution in [2.75, 3.05) is 67.4 Å². The van der Waals surface area contributed by atoms with Crippen LogP contribution in [-0.2, 0) is 17.6 Å². The second-order valence-corrected chi connectivity index (χ2v) is 14.7. The quantitative estimate of drug-likeness (QED) is 0.142. The average Bonchev–Trinajstić information content (AvgIpc) is 3.89. The molecular formula is C39H49FN14O. The molecule has 0 aromatic carbocycles. The van der Waals surface area contributed by atoms with Gasteiger partial charge in [0.2, 0.25) is 5.95 Å². The van der Waals surface area contributed by atoms with Gasteiger partial charge < -0.3 is 31.7 Å². The third kappa shape index (κ3) is 7.80. The number of aromatic nitrogens is 9. The van der Waals surface area contributed by atoms with E-state index in [0.717, 1.165) is 41.7 Å². The van der Waals surface area contributed by atoms with Crippen LogP contribution in [0, 0.1) is 5.95 Å². The molecule has 2 atom stereocenters. The van der Waals surface area contributed by atoms with E-state index >= 15 is 4.39 Å². The fourth-order valence-corrected chi connectivity index (χ4v) is 6.78. The number of anilines is 5. The molecule has 7 rings (SSSR count). The predicted molar refractivity (Wildman–Crippen MR) is 213 cm³/mol. The molecule has 6 aromatic heterocycles. The monoisotopic (exact) mass is 748 g/mol. The van der Waals surface area contributed by atoms with Crippen molar-refractivity contribution in [3.8, 4) is 17.5 Å². The number of nitrogens with zero attached hydrogens (tertiary/aromatic N) is 11. The highest BCUT2D eigenvalue weighted by molar-refractivity contribution is 5.52. The Morgan fingerprint density at radius 1 is 0.655 bits per heavy atom. The molecule has 1 aliphatic heterocycles. The summed E-state index contributed by atoms with van der Waals surface area (Å²) in [6.07, 6.45) is 1.03. The highest BCUT2D eigenvalue weighted by Gasteiger charge is 2.22. The average molecular weight is 749 g/mol. The van der Waals surface area contributed by atoms with Gasteiger partial charge in [0, 0.05) is 62.8 Å². The number of hydrogen-bond donors (Lipinski definition) is 3. The van der Waals surface area contributed by atoms with Crippen molar-refractivity contribution in [2.24, 2.45) is 0 Å². The molecule has 1 fully saturated rings. The minimum absolute atomic E-state index is 0.0258. The summed E-state index contributed by atoms with van der Waals surface area (Å²) in [7, 11) is 3.91. The second-order valence-electron chi connectivity index (χ2n) is 14.7. The normalized spacial score (nSPS) is 14.4. The smallest absolute Gasteiger partial charge is 0.218 e. The lowest BCUT2D eigenvalue weighted by molar-refractivity contribution is 0.122. The van der Waals surface area contributed by atoms with Gasteiger partial charge in [-0.3, -0.25) is 0 Å². The van der Waals surface area contributed by atoms with E-state index in [1.165, 1.54) is 4.68 Å². The van der Waals surface area contributed by atoms with E-state index in [-0.39, 0.29) is 17.8 Å². The van der Waals surface area contributed by atoms with Gasteiger partial charge in [-0.05, 0) is 48.6 Å². The minimum atomic E-state index is -0.580. The van der Waals surface area contributed by atoms with Crippen LogP contribution in [0.5, 0.6) is 0 Å². The summed E-state index contributed by atoms with van der Waals surface area (Å²) >= 11 is 0. The Labute approximate surface area is 319 Å². The largest absolute Gasteiger partial charge is 0.384 e. The Balaban J connectivity index is 1.06. The molecule has 0 saturated carbocycles. The lowest BCUT2D eigenvalue weighted by Crippen LogP contribution is -2.36. The Kier molecular flexibility index (Phi) is 10.4. The zero-order valence-electron chi connectivity index (χ0n) is 32.2. The van der Waals surface area contributed by atoms with Crippen molar-refractivity contribution >= 4 is 29.1 Å². The van der Waals surface area contributed by atoms with E-state index in [4.69, 9.17) is 42.1 Å². The number of ether oxygens (including phenoxy) is 1. The van der Waals surface area contributed by atoms with Gasteiger partial charge in [-0.2, -0.15) is 38.7 Å². The number of hydrogen-bond acceptors (Lipinski definition) is 12. The first-order valence-corrected chi connectivity index (χ1v) is 18.6. The van der Waals surface area contributed by atoms with Crippen molar-refractivity contribution in [2.45, 2.75) is 58.3 Å². The fraction of sp³-hybridized carbons (Fsp3) is 0.385. The van der Waals surface area contributed by atoms with Gasteiger partial charge in [0.05, 0.1) is 30.3 Å². The molecule has 6 N–H and O–H groups in total. The maximum Gasteiger partial charge on any atom is 0.218 e. The van der Waals surface area contributed by atoms with Gasteiger partial charge in [-0.15, -0.1) is 0 Å². The lowest BCUT2D eigenvalue weighted by atomic mass is 9.98. The molecule has 0 spiro atoms. The molecule has 16 heteroatoms. The Morgan fingerprint density at radius 2 is 1.15 bits per heavy atom. The van der Waals surface area contributed by atoms with Gasteiger partial charge in [-0.1, -0.05) is 45.9 Å². The zero-order chi connectivity index (χ0) is 39.0. The molecule has 0 bridgehead atoms. The van der Waals surface area contributed by atoms with E-state index < -0.39 is 5.95 Å². The number of morpholine rings is 1. The summed E-state index contributed by atoms with van der Waals surface area (Å²) in [6, 6.07) is 18.8. The molecule has 15 nitrogen and oxygen atoms in total. The SMILES string of the molecule is CC(C)c1cc(N)n(-c2ccc(CC(C)c3cc(N)n(-c4ccc(CC(C)c5cc(N)n(-c6cccc(N7CCOCC7)n6)n5)c(N(C)C)n4)n3)c(F)n2)n1. The molecule has 1 saturated heterocycles. The first-order chi connectivity index (χ1) is 26.4. The minimum Gasteiger partial charge on any atom is -0.384 e. The summed E-state index contributed by atoms with van der Waals surface area (Å²) in [5.74, 6) is 4.05. The maximum absolute atomic E-state index is 15.3. The Hall–Kier alpha value is -6.03. The van der Waals surface area contributed by atoms with Crippen LogP contribution in [0.25, 0.3) is 17.5 Å². The van der Waals surface area contributed by atoms with Crippen LogP contribution in [0.1, 0.15) is 73.7 Å². The molecule has 55 heavy (non-hydrogen) atoms. The van der Waals surface area contributed by atoms with Gasteiger partial charge in [-0.25, -0.2) is 9.97 Å². The van der Waals surface area contributed by atoms with Gasteiger partial charge in [0.15, 0.2) is 17.5 Å². The highest BCUT2D eigenvalue weighted by atomic mass is 19.1. The third-order valence-electron chi connectivity index (χ3n) is 9.90. The van der Waals surface area contributed by atoms with Crippen molar-refractivity contribution in [1.29, 1.82) is 0 Å². The molecule has 0 amide bonds. The topological polar surface area (TPSA) is 186 Å².